The van der Waals surface area contributed by atoms with E-state index in [4.69, 9.17) is 5.73 Å². The zero-order valence-corrected chi connectivity index (χ0v) is 26.7. The predicted molar refractivity (Wildman–Crippen MR) is 177 cm³/mol. The molecule has 0 bridgehead atoms. The van der Waals surface area contributed by atoms with E-state index in [1.54, 1.807) is 12.1 Å². The first-order valence-electron chi connectivity index (χ1n) is 16.1. The lowest BCUT2D eigenvalue weighted by Gasteiger charge is -2.50. The number of allylic oxidation sites excluding steroid dienone is 1. The lowest BCUT2D eigenvalue weighted by atomic mass is 9.59. The van der Waals surface area contributed by atoms with Crippen molar-refractivity contribution in [1.29, 1.82) is 0 Å². The summed E-state index contributed by atoms with van der Waals surface area (Å²) in [6.07, 6.45) is 16.2. The van der Waals surface area contributed by atoms with Gasteiger partial charge in [0.15, 0.2) is 0 Å². The van der Waals surface area contributed by atoms with Crippen LogP contribution >= 0.6 is 0 Å². The second-order valence-electron chi connectivity index (χ2n) is 12.9. The number of sulfone groups is 1. The van der Waals surface area contributed by atoms with Gasteiger partial charge >= 0.3 is 0 Å². The van der Waals surface area contributed by atoms with Gasteiger partial charge in [-0.1, -0.05) is 43.2 Å². The van der Waals surface area contributed by atoms with Crippen LogP contribution in [0.1, 0.15) is 44.1 Å². The Morgan fingerprint density at radius 2 is 1.68 bits per heavy atom. The van der Waals surface area contributed by atoms with Crippen LogP contribution in [0.4, 0.5) is 5.69 Å². The molecule has 1 unspecified atom stereocenters. The molecule has 0 radical (unpaired) electrons. The van der Waals surface area contributed by atoms with E-state index < -0.39 is 9.84 Å². The Labute approximate surface area is 262 Å². The Morgan fingerprint density at radius 3 is 2.30 bits per heavy atom. The number of likely N-dealkylation sites (tertiary alicyclic amines) is 1. The number of aromatic nitrogens is 2. The van der Waals surface area contributed by atoms with Crippen LogP contribution in [0.3, 0.4) is 0 Å². The summed E-state index contributed by atoms with van der Waals surface area (Å²) in [4.78, 5) is 13.5. The first kappa shape index (κ1) is 30.6. The molecule has 8 nitrogen and oxygen atoms in total. The van der Waals surface area contributed by atoms with Crippen LogP contribution in [-0.4, -0.2) is 68.9 Å². The van der Waals surface area contributed by atoms with Gasteiger partial charge in [0.1, 0.15) is 4.91 Å². The maximum Gasteiger partial charge on any atom is 0.209 e. The lowest BCUT2D eigenvalue weighted by Crippen LogP contribution is -2.54. The molecule has 2 aromatic carbocycles. The maximum absolute atomic E-state index is 12.8. The normalized spacial score (nSPS) is 21.1. The molecule has 0 amide bonds. The van der Waals surface area contributed by atoms with Gasteiger partial charge in [0.2, 0.25) is 9.84 Å². The Kier molecular flexibility index (Phi) is 9.23. The van der Waals surface area contributed by atoms with Gasteiger partial charge in [0.05, 0.1) is 11.2 Å². The number of nitrogens with zero attached hydrogens (tertiary/aromatic N) is 5. The fourth-order valence-electron chi connectivity index (χ4n) is 8.22. The molecule has 0 spiro atoms. The summed E-state index contributed by atoms with van der Waals surface area (Å²) in [5.74, 6) is 1.99. The Balaban J connectivity index is 1.08. The Morgan fingerprint density at radius 1 is 1.00 bits per heavy atom. The average molecular weight is 615 g/mol. The highest BCUT2D eigenvalue weighted by Crippen LogP contribution is 2.51. The number of piperidine rings is 1. The minimum Gasteiger partial charge on any atom is -0.403 e. The quantitative estimate of drug-likeness (QED) is 0.301. The Hall–Kier alpha value is -3.43. The number of nitrogens with two attached hydrogens (primary N) is 1. The van der Waals surface area contributed by atoms with Gasteiger partial charge in [0, 0.05) is 75.1 Å². The van der Waals surface area contributed by atoms with E-state index in [0.717, 1.165) is 51.2 Å². The highest BCUT2D eigenvalue weighted by Gasteiger charge is 2.48. The minimum atomic E-state index is -3.67. The number of hydrogen-bond acceptors (Lipinski definition) is 7. The number of rotatable bonds is 11. The molecule has 3 aliphatic rings. The molecule has 9 heteroatoms. The molecule has 2 aliphatic heterocycles. The van der Waals surface area contributed by atoms with E-state index in [-0.39, 0.29) is 15.2 Å². The van der Waals surface area contributed by atoms with E-state index in [0.29, 0.717) is 17.8 Å². The molecule has 234 valence electrons. The van der Waals surface area contributed by atoms with Crippen LogP contribution < -0.4 is 10.6 Å². The van der Waals surface area contributed by atoms with Crippen molar-refractivity contribution < 1.29 is 8.42 Å². The molecule has 1 atom stereocenters. The zero-order chi connectivity index (χ0) is 30.6. The second-order valence-corrected chi connectivity index (χ2v) is 14.9. The van der Waals surface area contributed by atoms with Crippen LogP contribution in [0, 0.1) is 17.8 Å². The summed E-state index contributed by atoms with van der Waals surface area (Å²) in [5.41, 5.74) is 8.26. The molecule has 1 aromatic heterocycles. The maximum atomic E-state index is 12.8. The van der Waals surface area contributed by atoms with Crippen molar-refractivity contribution in [2.75, 3.05) is 44.7 Å². The van der Waals surface area contributed by atoms with Crippen LogP contribution in [0.25, 0.3) is 0 Å². The molecule has 3 aromatic rings. The lowest BCUT2D eigenvalue weighted by molar-refractivity contribution is 0.0646. The van der Waals surface area contributed by atoms with E-state index in [9.17, 15) is 8.42 Å². The number of aliphatic imine (C=N–C) groups is 1. The average Bonchev–Trinajstić information content (AvgIpc) is 3.76. The SMILES string of the molecule is CN=CC(=CN)S(=O)(=O)c1ccc(N2CC(CN3CCC(C(Cn4ccnc4)(c4ccccc4)C4CCCC4)CC3)C2)cc1. The van der Waals surface area contributed by atoms with Gasteiger partial charge < -0.3 is 20.1 Å². The molecule has 3 fully saturated rings. The van der Waals surface area contributed by atoms with Crippen LogP contribution in [-0.2, 0) is 21.8 Å². The summed E-state index contributed by atoms with van der Waals surface area (Å²) in [6, 6.07) is 18.5. The van der Waals surface area contributed by atoms with Crippen molar-refractivity contribution >= 4 is 21.7 Å². The second kappa shape index (κ2) is 13.3. The summed E-state index contributed by atoms with van der Waals surface area (Å²) in [6.45, 7) is 6.44. The highest BCUT2D eigenvalue weighted by atomic mass is 32.2. The molecule has 1 aliphatic carbocycles. The molecule has 2 N–H and O–H groups in total. The van der Waals surface area contributed by atoms with Crippen molar-refractivity contribution in [2.45, 2.75) is 55.4 Å². The largest absolute Gasteiger partial charge is 0.403 e. The first-order valence-corrected chi connectivity index (χ1v) is 17.6. The molecule has 1 saturated carbocycles. The first-order chi connectivity index (χ1) is 21.4. The summed E-state index contributed by atoms with van der Waals surface area (Å²) in [7, 11) is -2.14. The third kappa shape index (κ3) is 6.09. The molecule has 6 rings (SSSR count). The number of benzene rings is 2. The van der Waals surface area contributed by atoms with E-state index in [1.807, 2.05) is 24.7 Å². The molecule has 3 heterocycles. The van der Waals surface area contributed by atoms with E-state index in [1.165, 1.54) is 57.4 Å². The van der Waals surface area contributed by atoms with Gasteiger partial charge in [-0.2, -0.15) is 0 Å². The van der Waals surface area contributed by atoms with Crippen LogP contribution in [0.5, 0.6) is 0 Å². The van der Waals surface area contributed by atoms with E-state index >= 15 is 0 Å². The van der Waals surface area contributed by atoms with Gasteiger partial charge in [-0.3, -0.25) is 4.99 Å². The number of anilines is 1. The monoisotopic (exact) mass is 614 g/mol. The molecule has 44 heavy (non-hydrogen) atoms. The topological polar surface area (TPSA) is 96.8 Å². The predicted octanol–water partition coefficient (Wildman–Crippen LogP) is 5.13. The van der Waals surface area contributed by atoms with Gasteiger partial charge in [-0.25, -0.2) is 13.4 Å². The zero-order valence-electron chi connectivity index (χ0n) is 25.8. The van der Waals surface area contributed by atoms with Crippen molar-refractivity contribution in [3.8, 4) is 0 Å². The van der Waals surface area contributed by atoms with Gasteiger partial charge in [0.25, 0.3) is 0 Å². The van der Waals surface area contributed by atoms with Crippen molar-refractivity contribution in [3.05, 3.63) is 90.0 Å². The summed E-state index contributed by atoms with van der Waals surface area (Å²) < 4.78 is 28.0. The Bertz CT molecular complexity index is 1520. The standard InChI is InChI=1S/C35H46N6O2S/c1-37-22-34(21-36)44(42,43)33-13-11-32(12-14-33)41-24-28(25-41)23-39-18-15-31(16-19-39)35(30-9-5-6-10-30,26-40-20-17-38-27-40)29-7-3-2-4-8-29/h2-4,7-8,11-14,17,20-22,27-28,30-31H,5-6,9-10,15-16,18-19,23-26,36H2,1H3. The van der Waals surface area contributed by atoms with Gasteiger partial charge in [-0.15, -0.1) is 0 Å². The van der Waals surface area contributed by atoms with E-state index in [2.05, 4.69) is 60.9 Å². The number of hydrogen-bond donors (Lipinski definition) is 1. The highest BCUT2D eigenvalue weighted by molar-refractivity contribution is 7.96. The van der Waals surface area contributed by atoms with Gasteiger partial charge in [-0.05, 0) is 80.4 Å². The van der Waals surface area contributed by atoms with Crippen molar-refractivity contribution in [2.24, 2.45) is 28.5 Å². The molecular formula is C35H46N6O2S. The third-order valence-electron chi connectivity index (χ3n) is 10.4. The molecule has 2 saturated heterocycles. The fraction of sp³-hybridized carbons (Fsp3) is 0.486. The van der Waals surface area contributed by atoms with Crippen LogP contribution in [0.2, 0.25) is 0 Å². The minimum absolute atomic E-state index is 0.00603. The smallest absolute Gasteiger partial charge is 0.209 e. The van der Waals surface area contributed by atoms with Crippen molar-refractivity contribution in [3.63, 3.8) is 0 Å². The van der Waals surface area contributed by atoms with Crippen LogP contribution in [0.15, 0.2) is 94.3 Å². The number of imidazole rings is 1. The summed E-state index contributed by atoms with van der Waals surface area (Å²) in [5, 5.41) is 0. The fourth-order valence-corrected chi connectivity index (χ4v) is 9.41. The molecular weight excluding hydrogens is 568 g/mol. The third-order valence-corrected chi connectivity index (χ3v) is 12.2. The van der Waals surface area contributed by atoms with Crippen molar-refractivity contribution in [1.82, 2.24) is 14.5 Å². The summed E-state index contributed by atoms with van der Waals surface area (Å²) >= 11 is 0.